The van der Waals surface area contributed by atoms with Crippen LogP contribution in [0.5, 0.6) is 0 Å². The molecule has 1 fully saturated rings. The Bertz CT molecular complexity index is 593. The van der Waals surface area contributed by atoms with Crippen LogP contribution in [-0.2, 0) is 10.1 Å². The Kier molecular flexibility index (Phi) is 4.83. The van der Waals surface area contributed by atoms with E-state index in [2.05, 4.69) is 24.1 Å². The van der Waals surface area contributed by atoms with Gasteiger partial charge in [0.25, 0.3) is 10.1 Å². The third-order valence-corrected chi connectivity index (χ3v) is 4.82. The van der Waals surface area contributed by atoms with E-state index in [-0.39, 0.29) is 11.0 Å². The minimum absolute atomic E-state index is 0.0666. The van der Waals surface area contributed by atoms with Crippen molar-refractivity contribution in [1.82, 2.24) is 4.90 Å². The molecule has 3 rings (SSSR count). The molecule has 0 aliphatic carbocycles. The molecule has 0 amide bonds. The number of piperidine rings is 1. The van der Waals surface area contributed by atoms with Gasteiger partial charge in [-0.15, -0.1) is 0 Å². The summed E-state index contributed by atoms with van der Waals surface area (Å²) in [7, 11) is -1.89. The van der Waals surface area contributed by atoms with Gasteiger partial charge in [0.1, 0.15) is 0 Å². The highest BCUT2D eigenvalue weighted by Crippen LogP contribution is 2.28. The van der Waals surface area contributed by atoms with Gasteiger partial charge in [0.15, 0.2) is 0 Å². The maximum atomic E-state index is 10.5. The highest BCUT2D eigenvalue weighted by atomic mass is 32.2. The van der Waals surface area contributed by atoms with E-state index in [1.165, 1.54) is 12.1 Å². The van der Waals surface area contributed by atoms with Crippen molar-refractivity contribution < 1.29 is 18.1 Å². The first-order valence-electron chi connectivity index (χ1n) is 6.90. The number of fused-ring (bicyclic) bond motifs is 2. The second kappa shape index (κ2) is 6.27. The molecule has 3 atom stereocenters. The number of nitrogens with zero attached hydrogens (tertiary/aromatic N) is 1. The first kappa shape index (κ1) is 16.2. The van der Waals surface area contributed by atoms with Crippen LogP contribution in [0.25, 0.3) is 0 Å². The third-order valence-electron chi connectivity index (χ3n) is 3.95. The zero-order valence-electron chi connectivity index (χ0n) is 12.2. The highest BCUT2D eigenvalue weighted by molar-refractivity contribution is 7.85. The molecule has 1 aromatic carbocycles. The summed E-state index contributed by atoms with van der Waals surface area (Å²) in [6.45, 7) is 1.84. The van der Waals surface area contributed by atoms with Crippen molar-refractivity contribution in [3.05, 3.63) is 42.0 Å². The number of hydrogen-bond donors (Lipinski definition) is 2. The minimum atomic E-state index is -4.02. The van der Waals surface area contributed by atoms with Crippen molar-refractivity contribution in [1.29, 1.82) is 0 Å². The molecule has 116 valence electrons. The summed E-state index contributed by atoms with van der Waals surface area (Å²) in [4.78, 5) is 2.26. The Morgan fingerprint density at radius 1 is 1.10 bits per heavy atom. The molecule has 0 radical (unpaired) electrons. The third kappa shape index (κ3) is 4.14. The Morgan fingerprint density at radius 2 is 1.57 bits per heavy atom. The van der Waals surface area contributed by atoms with Crippen LogP contribution in [0.3, 0.4) is 0 Å². The molecule has 6 heteroatoms. The van der Waals surface area contributed by atoms with E-state index in [9.17, 15) is 13.5 Å². The van der Waals surface area contributed by atoms with E-state index in [0.29, 0.717) is 12.1 Å². The van der Waals surface area contributed by atoms with E-state index >= 15 is 0 Å². The normalized spacial score (nSPS) is 28.1. The van der Waals surface area contributed by atoms with Gasteiger partial charge in [0.2, 0.25) is 0 Å². The molecule has 2 heterocycles. The number of aliphatic hydroxyl groups excluding tert-OH is 1. The summed E-state index contributed by atoms with van der Waals surface area (Å²) in [6, 6.07) is 7.00. The monoisotopic (exact) mass is 311 g/mol. The van der Waals surface area contributed by atoms with Crippen LogP contribution in [-0.4, -0.2) is 48.2 Å². The molecule has 5 nitrogen and oxygen atoms in total. The molecule has 0 spiro atoms. The predicted octanol–water partition coefficient (Wildman–Crippen LogP) is 1.62. The average molecular weight is 311 g/mol. The SMILES string of the molecule is CN1[C@@H]2C=C[C@H]1CC(O)C2.Cc1ccc(S(=O)(=O)O)cc1. The lowest BCUT2D eigenvalue weighted by Gasteiger charge is -2.34. The highest BCUT2D eigenvalue weighted by Gasteiger charge is 2.33. The Hall–Kier alpha value is -1.21. The summed E-state index contributed by atoms with van der Waals surface area (Å²) in [5.74, 6) is 0. The fourth-order valence-electron chi connectivity index (χ4n) is 2.63. The van der Waals surface area contributed by atoms with Crippen molar-refractivity contribution in [2.24, 2.45) is 0 Å². The quantitative estimate of drug-likeness (QED) is 0.609. The fourth-order valence-corrected chi connectivity index (χ4v) is 3.11. The molecule has 1 saturated heterocycles. The molecule has 2 aliphatic rings. The molecule has 0 aromatic heterocycles. The van der Waals surface area contributed by atoms with Crippen LogP contribution in [0.15, 0.2) is 41.3 Å². The Morgan fingerprint density at radius 3 is 2.00 bits per heavy atom. The van der Waals surface area contributed by atoms with E-state index in [1.807, 2.05) is 6.92 Å². The number of aryl methyl sites for hydroxylation is 1. The van der Waals surface area contributed by atoms with Gasteiger partial charge < -0.3 is 5.11 Å². The number of likely N-dealkylation sites (N-methyl/N-ethyl adjacent to an activating group) is 1. The lowest BCUT2D eigenvalue weighted by Crippen LogP contribution is -2.42. The summed E-state index contributed by atoms with van der Waals surface area (Å²) < 4.78 is 29.6. The van der Waals surface area contributed by atoms with Crippen LogP contribution < -0.4 is 0 Å². The summed E-state index contributed by atoms with van der Waals surface area (Å²) >= 11 is 0. The summed E-state index contributed by atoms with van der Waals surface area (Å²) in [5.41, 5.74) is 0.956. The Labute approximate surface area is 125 Å². The fraction of sp³-hybridized carbons (Fsp3) is 0.467. The van der Waals surface area contributed by atoms with E-state index in [4.69, 9.17) is 4.55 Å². The average Bonchev–Trinajstić information content (AvgIpc) is 2.62. The largest absolute Gasteiger partial charge is 0.393 e. The van der Waals surface area contributed by atoms with Gasteiger partial charge in [0.05, 0.1) is 11.0 Å². The predicted molar refractivity (Wildman–Crippen MR) is 80.7 cm³/mol. The maximum absolute atomic E-state index is 10.5. The van der Waals surface area contributed by atoms with E-state index in [0.717, 1.165) is 18.4 Å². The number of aliphatic hydroxyl groups is 1. The van der Waals surface area contributed by atoms with Gasteiger partial charge in [-0.1, -0.05) is 29.8 Å². The topological polar surface area (TPSA) is 77.8 Å². The second-order valence-corrected chi connectivity index (χ2v) is 7.02. The van der Waals surface area contributed by atoms with Crippen molar-refractivity contribution in [2.75, 3.05) is 7.05 Å². The van der Waals surface area contributed by atoms with Gasteiger partial charge in [-0.25, -0.2) is 0 Å². The van der Waals surface area contributed by atoms with E-state index in [1.54, 1.807) is 12.1 Å². The van der Waals surface area contributed by atoms with E-state index < -0.39 is 10.1 Å². The van der Waals surface area contributed by atoms with Crippen molar-refractivity contribution >= 4 is 10.1 Å². The van der Waals surface area contributed by atoms with Crippen molar-refractivity contribution in [3.63, 3.8) is 0 Å². The van der Waals surface area contributed by atoms with Crippen LogP contribution in [0.1, 0.15) is 18.4 Å². The first-order valence-corrected chi connectivity index (χ1v) is 8.34. The van der Waals surface area contributed by atoms with Crippen LogP contribution in [0, 0.1) is 6.92 Å². The molecular formula is C15H21NO4S. The smallest absolute Gasteiger partial charge is 0.294 e. The standard InChI is InChI=1S/C8H13NO.C7H8O3S/c1-9-6-2-3-7(9)5-8(10)4-6;1-6-2-4-7(5-3-6)11(8,9)10/h2-3,6-8,10H,4-5H2,1H3;2-5H,1H3,(H,8,9,10)/t6-,7+,8?;. The van der Waals surface area contributed by atoms with Gasteiger partial charge in [-0.05, 0) is 38.9 Å². The molecule has 2 N–H and O–H groups in total. The number of hydrogen-bond acceptors (Lipinski definition) is 4. The molecule has 1 unspecified atom stereocenters. The maximum Gasteiger partial charge on any atom is 0.294 e. The number of rotatable bonds is 1. The van der Waals surface area contributed by atoms with Gasteiger partial charge in [-0.2, -0.15) is 8.42 Å². The molecule has 2 aliphatic heterocycles. The Balaban J connectivity index is 0.000000154. The van der Waals surface area contributed by atoms with Gasteiger partial charge >= 0.3 is 0 Å². The summed E-state index contributed by atoms with van der Waals surface area (Å²) in [5, 5.41) is 9.34. The molecule has 0 saturated carbocycles. The molecule has 1 aromatic rings. The minimum Gasteiger partial charge on any atom is -0.393 e. The molecule has 2 bridgehead atoms. The number of benzene rings is 1. The van der Waals surface area contributed by atoms with Crippen molar-refractivity contribution in [3.8, 4) is 0 Å². The first-order chi connectivity index (χ1) is 9.77. The van der Waals surface area contributed by atoms with Crippen LogP contribution in [0.4, 0.5) is 0 Å². The van der Waals surface area contributed by atoms with Crippen LogP contribution in [0.2, 0.25) is 0 Å². The lowest BCUT2D eigenvalue weighted by molar-refractivity contribution is 0.0586. The zero-order chi connectivity index (χ0) is 15.6. The lowest BCUT2D eigenvalue weighted by atomic mass is 10.00. The van der Waals surface area contributed by atoms with Gasteiger partial charge in [0, 0.05) is 12.1 Å². The zero-order valence-corrected chi connectivity index (χ0v) is 13.0. The van der Waals surface area contributed by atoms with Gasteiger partial charge in [-0.3, -0.25) is 9.45 Å². The van der Waals surface area contributed by atoms with Crippen LogP contribution >= 0.6 is 0 Å². The summed E-state index contributed by atoms with van der Waals surface area (Å²) in [6.07, 6.45) is 6.19. The van der Waals surface area contributed by atoms with Crippen molar-refractivity contribution in [2.45, 2.75) is 42.8 Å². The molecule has 21 heavy (non-hydrogen) atoms. The molecular weight excluding hydrogens is 290 g/mol. The second-order valence-electron chi connectivity index (χ2n) is 5.60.